The van der Waals surface area contributed by atoms with E-state index in [1.165, 1.54) is 17.8 Å². The summed E-state index contributed by atoms with van der Waals surface area (Å²) in [4.78, 5) is 12.5. The fraction of sp³-hybridized carbons (Fsp3) is 0.0833. The van der Waals surface area contributed by atoms with Crippen LogP contribution in [0.3, 0.4) is 0 Å². The molecule has 158 valence electrons. The molecule has 4 rings (SSSR count). The van der Waals surface area contributed by atoms with Crippen LogP contribution in [0.2, 0.25) is 0 Å². The molecule has 0 aliphatic heterocycles. The molecule has 0 bridgehead atoms. The van der Waals surface area contributed by atoms with Gasteiger partial charge in [0.15, 0.2) is 11.0 Å². The first kappa shape index (κ1) is 21.3. The molecule has 0 unspecified atom stereocenters. The van der Waals surface area contributed by atoms with E-state index in [0.29, 0.717) is 28.7 Å². The van der Waals surface area contributed by atoms with Crippen molar-refractivity contribution in [2.24, 2.45) is 0 Å². The summed E-state index contributed by atoms with van der Waals surface area (Å²) in [6, 6.07) is 25.0. The molecule has 1 heterocycles. The summed E-state index contributed by atoms with van der Waals surface area (Å²) in [6.45, 7) is 0. The van der Waals surface area contributed by atoms with Crippen LogP contribution in [0, 0.1) is 17.1 Å². The number of aromatic nitrogens is 3. The lowest BCUT2D eigenvalue weighted by Crippen LogP contribution is -2.14. The van der Waals surface area contributed by atoms with Crippen molar-refractivity contribution in [2.75, 3.05) is 11.1 Å². The number of anilines is 1. The van der Waals surface area contributed by atoms with E-state index in [2.05, 4.69) is 21.6 Å². The fourth-order valence-corrected chi connectivity index (χ4v) is 3.87. The Kier molecular flexibility index (Phi) is 6.58. The molecule has 0 atom stereocenters. The van der Waals surface area contributed by atoms with Crippen LogP contribution in [0.5, 0.6) is 0 Å². The number of nitrogens with zero attached hydrogens (tertiary/aromatic N) is 4. The maximum atomic E-state index is 14.4. The number of nitriles is 1. The number of hydrogen-bond donors (Lipinski definition) is 1. The first-order valence-corrected chi connectivity index (χ1v) is 10.8. The monoisotopic (exact) mass is 443 g/mol. The van der Waals surface area contributed by atoms with Crippen molar-refractivity contribution in [1.82, 2.24) is 14.8 Å². The van der Waals surface area contributed by atoms with Crippen LogP contribution >= 0.6 is 11.8 Å². The molecule has 0 saturated heterocycles. The van der Waals surface area contributed by atoms with Gasteiger partial charge in [0, 0.05) is 11.4 Å². The third-order valence-corrected chi connectivity index (χ3v) is 5.54. The number of carbonyl (C=O) groups is 1. The van der Waals surface area contributed by atoms with Crippen molar-refractivity contribution in [3.05, 3.63) is 90.2 Å². The Balaban J connectivity index is 1.54. The average Bonchev–Trinajstić information content (AvgIpc) is 3.24. The maximum absolute atomic E-state index is 14.4. The van der Waals surface area contributed by atoms with Crippen LogP contribution in [0.25, 0.3) is 17.1 Å². The van der Waals surface area contributed by atoms with Gasteiger partial charge in [-0.2, -0.15) is 5.26 Å². The lowest BCUT2D eigenvalue weighted by molar-refractivity contribution is -0.113. The Bertz CT molecular complexity index is 1270. The summed E-state index contributed by atoms with van der Waals surface area (Å²) in [6.07, 6.45) is 0.323. The third kappa shape index (κ3) is 4.85. The Labute approximate surface area is 188 Å². The van der Waals surface area contributed by atoms with Crippen LogP contribution in [0.4, 0.5) is 10.1 Å². The molecule has 0 aliphatic rings. The summed E-state index contributed by atoms with van der Waals surface area (Å²) in [7, 11) is 0. The lowest BCUT2D eigenvalue weighted by Gasteiger charge is -2.11. The molecule has 1 aromatic heterocycles. The second-order valence-electron chi connectivity index (χ2n) is 6.83. The maximum Gasteiger partial charge on any atom is 0.234 e. The summed E-state index contributed by atoms with van der Waals surface area (Å²) < 4.78 is 16.2. The van der Waals surface area contributed by atoms with Gasteiger partial charge in [-0.3, -0.25) is 9.36 Å². The van der Waals surface area contributed by atoms with Crippen molar-refractivity contribution in [2.45, 2.75) is 11.6 Å². The average molecular weight is 444 g/mol. The van der Waals surface area contributed by atoms with Crippen molar-refractivity contribution in [3.63, 3.8) is 0 Å². The molecule has 0 spiro atoms. The highest BCUT2D eigenvalue weighted by Crippen LogP contribution is 2.29. The molecular weight excluding hydrogens is 425 g/mol. The van der Waals surface area contributed by atoms with Crippen LogP contribution in [0.15, 0.2) is 84.0 Å². The van der Waals surface area contributed by atoms with E-state index in [1.807, 2.05) is 30.3 Å². The molecule has 1 N–H and O–H groups in total. The van der Waals surface area contributed by atoms with Gasteiger partial charge in [0.25, 0.3) is 0 Å². The quantitative estimate of drug-likeness (QED) is 0.412. The zero-order valence-electron chi connectivity index (χ0n) is 16.9. The van der Waals surface area contributed by atoms with Gasteiger partial charge in [0.05, 0.1) is 23.8 Å². The minimum atomic E-state index is -0.397. The second-order valence-corrected chi connectivity index (χ2v) is 7.77. The Hall–Kier alpha value is -3.96. The van der Waals surface area contributed by atoms with E-state index in [4.69, 9.17) is 5.26 Å². The van der Waals surface area contributed by atoms with Crippen LogP contribution in [0.1, 0.15) is 5.56 Å². The van der Waals surface area contributed by atoms with E-state index < -0.39 is 5.82 Å². The SMILES string of the molecule is N#CCc1ccc(NC(=O)CSc2nnc(-c3ccccc3F)n2-c2ccccc2)cc1. The van der Waals surface area contributed by atoms with Gasteiger partial charge in [-0.05, 0) is 42.0 Å². The van der Waals surface area contributed by atoms with Crippen LogP contribution < -0.4 is 5.32 Å². The summed E-state index contributed by atoms with van der Waals surface area (Å²) in [5.41, 5.74) is 2.63. The third-order valence-electron chi connectivity index (χ3n) is 4.62. The number of amides is 1. The van der Waals surface area contributed by atoms with E-state index in [0.717, 1.165) is 11.3 Å². The normalized spacial score (nSPS) is 10.5. The molecule has 4 aromatic rings. The zero-order valence-corrected chi connectivity index (χ0v) is 17.7. The largest absolute Gasteiger partial charge is 0.325 e. The van der Waals surface area contributed by atoms with E-state index in [1.54, 1.807) is 47.0 Å². The standard InChI is InChI=1S/C24H18FN5OS/c25-21-9-5-4-8-20(21)23-28-29-24(30(23)19-6-2-1-3-7-19)32-16-22(31)27-18-12-10-17(11-13-18)14-15-26/h1-13H,14,16H2,(H,27,31). The highest BCUT2D eigenvalue weighted by Gasteiger charge is 2.19. The van der Waals surface area contributed by atoms with Crippen molar-refractivity contribution >= 4 is 23.4 Å². The van der Waals surface area contributed by atoms with Crippen molar-refractivity contribution in [1.29, 1.82) is 5.26 Å². The first-order valence-electron chi connectivity index (χ1n) is 9.80. The fourth-order valence-electron chi connectivity index (χ4n) is 3.11. The highest BCUT2D eigenvalue weighted by atomic mass is 32.2. The summed E-state index contributed by atoms with van der Waals surface area (Å²) in [5, 5.41) is 20.5. The predicted octanol–water partition coefficient (Wildman–Crippen LogP) is 4.87. The van der Waals surface area contributed by atoms with Gasteiger partial charge in [-0.25, -0.2) is 4.39 Å². The van der Waals surface area contributed by atoms with Gasteiger partial charge >= 0.3 is 0 Å². The number of thioether (sulfide) groups is 1. The minimum Gasteiger partial charge on any atom is -0.325 e. The molecule has 0 aliphatic carbocycles. The van der Waals surface area contributed by atoms with Gasteiger partial charge in [0.2, 0.25) is 5.91 Å². The number of carbonyl (C=O) groups excluding carboxylic acids is 1. The molecule has 6 nitrogen and oxygen atoms in total. The summed E-state index contributed by atoms with van der Waals surface area (Å²) in [5.74, 6) is -0.142. The smallest absolute Gasteiger partial charge is 0.234 e. The predicted molar refractivity (Wildman–Crippen MR) is 122 cm³/mol. The Morgan fingerprint density at radius 3 is 2.44 bits per heavy atom. The first-order chi connectivity index (χ1) is 15.7. The molecule has 8 heteroatoms. The van der Waals surface area contributed by atoms with Gasteiger partial charge < -0.3 is 5.32 Å². The minimum absolute atomic E-state index is 0.0994. The van der Waals surface area contributed by atoms with Crippen LogP contribution in [-0.2, 0) is 11.2 Å². The van der Waals surface area contributed by atoms with Crippen molar-refractivity contribution < 1.29 is 9.18 Å². The molecule has 3 aromatic carbocycles. The number of halogens is 1. The number of nitrogens with one attached hydrogen (secondary N) is 1. The number of rotatable bonds is 7. The van der Waals surface area contributed by atoms with Crippen LogP contribution in [-0.4, -0.2) is 26.4 Å². The van der Waals surface area contributed by atoms with Crippen molar-refractivity contribution in [3.8, 4) is 23.1 Å². The van der Waals surface area contributed by atoms with Gasteiger partial charge in [-0.1, -0.05) is 54.2 Å². The highest BCUT2D eigenvalue weighted by molar-refractivity contribution is 7.99. The molecule has 32 heavy (non-hydrogen) atoms. The van der Waals surface area contributed by atoms with Gasteiger partial charge in [-0.15, -0.1) is 10.2 Å². The molecule has 0 saturated carbocycles. The topological polar surface area (TPSA) is 83.6 Å². The Morgan fingerprint density at radius 1 is 1.00 bits per heavy atom. The van der Waals surface area contributed by atoms with E-state index >= 15 is 0 Å². The number of benzene rings is 3. The number of para-hydroxylation sites is 1. The van der Waals surface area contributed by atoms with E-state index in [-0.39, 0.29) is 11.7 Å². The molecular formula is C24H18FN5OS. The molecule has 0 radical (unpaired) electrons. The summed E-state index contributed by atoms with van der Waals surface area (Å²) >= 11 is 1.21. The lowest BCUT2D eigenvalue weighted by atomic mass is 10.1. The second kappa shape index (κ2) is 9.90. The van der Waals surface area contributed by atoms with Gasteiger partial charge in [0.1, 0.15) is 5.82 Å². The zero-order chi connectivity index (χ0) is 22.3. The van der Waals surface area contributed by atoms with E-state index in [9.17, 15) is 9.18 Å². The molecule has 1 amide bonds. The molecule has 0 fully saturated rings. The Morgan fingerprint density at radius 2 is 1.72 bits per heavy atom. The number of hydrogen-bond acceptors (Lipinski definition) is 5.